The predicted molar refractivity (Wildman–Crippen MR) is 67.2 cm³/mol. The van der Waals surface area contributed by atoms with E-state index in [-0.39, 0.29) is 5.91 Å². The predicted octanol–water partition coefficient (Wildman–Crippen LogP) is 1.90. The lowest BCUT2D eigenvalue weighted by atomic mass is 9.86. The number of amides is 2. The number of rotatable bonds is 3. The zero-order chi connectivity index (χ0) is 12.6. The van der Waals surface area contributed by atoms with Crippen LogP contribution in [0.1, 0.15) is 26.3 Å². The SMILES string of the molecule is CCN1C(=O)C(C)(C)c2cc(NC=O)ccc21. The molecule has 2 rings (SSSR count). The molecule has 0 saturated heterocycles. The van der Waals surface area contributed by atoms with Crippen molar-refractivity contribution in [3.8, 4) is 0 Å². The Kier molecular flexibility index (Phi) is 2.65. The first kappa shape index (κ1) is 11.6. The van der Waals surface area contributed by atoms with Gasteiger partial charge in [-0.15, -0.1) is 0 Å². The minimum Gasteiger partial charge on any atom is -0.329 e. The third-order valence-electron chi connectivity index (χ3n) is 3.28. The van der Waals surface area contributed by atoms with Gasteiger partial charge in [0.15, 0.2) is 0 Å². The zero-order valence-electron chi connectivity index (χ0n) is 10.3. The van der Waals surface area contributed by atoms with Crippen molar-refractivity contribution in [2.45, 2.75) is 26.2 Å². The van der Waals surface area contributed by atoms with Gasteiger partial charge in [0.2, 0.25) is 12.3 Å². The summed E-state index contributed by atoms with van der Waals surface area (Å²) in [5.74, 6) is 0.109. The molecule has 4 heteroatoms. The van der Waals surface area contributed by atoms with E-state index in [0.29, 0.717) is 13.0 Å². The van der Waals surface area contributed by atoms with Crippen molar-refractivity contribution in [2.75, 3.05) is 16.8 Å². The van der Waals surface area contributed by atoms with Gasteiger partial charge >= 0.3 is 0 Å². The maximum atomic E-state index is 12.2. The first-order valence-corrected chi connectivity index (χ1v) is 5.69. The summed E-state index contributed by atoms with van der Waals surface area (Å²) in [6.45, 7) is 6.44. The molecule has 2 amide bonds. The van der Waals surface area contributed by atoms with E-state index < -0.39 is 5.41 Å². The summed E-state index contributed by atoms with van der Waals surface area (Å²) in [5, 5.41) is 2.61. The van der Waals surface area contributed by atoms with Gasteiger partial charge in [-0.05, 0) is 44.5 Å². The van der Waals surface area contributed by atoms with Gasteiger partial charge in [0, 0.05) is 17.9 Å². The fourth-order valence-corrected chi connectivity index (χ4v) is 2.31. The normalized spacial score (nSPS) is 16.9. The van der Waals surface area contributed by atoms with E-state index >= 15 is 0 Å². The lowest BCUT2D eigenvalue weighted by molar-refractivity contribution is -0.122. The Bertz CT molecular complexity index is 480. The van der Waals surface area contributed by atoms with Gasteiger partial charge in [-0.1, -0.05) is 0 Å². The minimum absolute atomic E-state index is 0.109. The number of nitrogens with zero attached hydrogens (tertiary/aromatic N) is 1. The molecule has 0 aromatic heterocycles. The molecule has 0 unspecified atom stereocenters. The van der Waals surface area contributed by atoms with E-state index in [2.05, 4.69) is 5.32 Å². The van der Waals surface area contributed by atoms with Gasteiger partial charge in [-0.3, -0.25) is 9.59 Å². The van der Waals surface area contributed by atoms with Crippen molar-refractivity contribution in [2.24, 2.45) is 0 Å². The van der Waals surface area contributed by atoms with Crippen molar-refractivity contribution in [3.63, 3.8) is 0 Å². The monoisotopic (exact) mass is 232 g/mol. The number of nitrogens with one attached hydrogen (secondary N) is 1. The minimum atomic E-state index is -0.522. The van der Waals surface area contributed by atoms with Crippen LogP contribution < -0.4 is 10.2 Å². The number of carbonyl (C=O) groups is 2. The molecule has 0 fully saturated rings. The fraction of sp³-hybridized carbons (Fsp3) is 0.385. The van der Waals surface area contributed by atoms with Gasteiger partial charge in [-0.25, -0.2) is 0 Å². The van der Waals surface area contributed by atoms with Crippen molar-refractivity contribution in [1.29, 1.82) is 0 Å². The molecule has 1 N–H and O–H groups in total. The molecule has 4 nitrogen and oxygen atoms in total. The second-order valence-electron chi connectivity index (χ2n) is 4.67. The van der Waals surface area contributed by atoms with E-state index in [1.165, 1.54) is 0 Å². The van der Waals surface area contributed by atoms with Crippen LogP contribution in [0.15, 0.2) is 18.2 Å². The van der Waals surface area contributed by atoms with Crippen LogP contribution >= 0.6 is 0 Å². The van der Waals surface area contributed by atoms with Gasteiger partial charge in [0.25, 0.3) is 0 Å². The molecule has 0 saturated carbocycles. The van der Waals surface area contributed by atoms with Crippen molar-refractivity contribution in [1.82, 2.24) is 0 Å². The molecule has 0 atom stereocenters. The van der Waals surface area contributed by atoms with E-state index in [0.717, 1.165) is 16.9 Å². The molecule has 1 aromatic carbocycles. The van der Waals surface area contributed by atoms with Crippen molar-refractivity contribution < 1.29 is 9.59 Å². The van der Waals surface area contributed by atoms with E-state index in [1.807, 2.05) is 39.0 Å². The molecular weight excluding hydrogens is 216 g/mol. The molecule has 1 heterocycles. The number of benzene rings is 1. The Balaban J connectivity index is 2.55. The first-order chi connectivity index (χ1) is 8.02. The average Bonchev–Trinajstić information content (AvgIpc) is 2.49. The molecule has 1 aliphatic heterocycles. The van der Waals surface area contributed by atoms with Crippen LogP contribution in [0.3, 0.4) is 0 Å². The summed E-state index contributed by atoms with van der Waals surface area (Å²) >= 11 is 0. The second-order valence-corrected chi connectivity index (χ2v) is 4.67. The summed E-state index contributed by atoms with van der Waals surface area (Å²) in [5.41, 5.74) is 2.11. The molecular formula is C13H16N2O2. The van der Waals surface area contributed by atoms with Crippen molar-refractivity contribution >= 4 is 23.7 Å². The molecule has 0 radical (unpaired) electrons. The number of carbonyl (C=O) groups excluding carboxylic acids is 2. The van der Waals surface area contributed by atoms with Crippen molar-refractivity contribution in [3.05, 3.63) is 23.8 Å². The van der Waals surface area contributed by atoms with Gasteiger partial charge < -0.3 is 10.2 Å². The Hall–Kier alpha value is -1.84. The van der Waals surface area contributed by atoms with Crippen LogP contribution in [0.25, 0.3) is 0 Å². The lowest BCUT2D eigenvalue weighted by Crippen LogP contribution is -2.35. The molecule has 0 bridgehead atoms. The maximum Gasteiger partial charge on any atom is 0.237 e. The van der Waals surface area contributed by atoms with Crippen LogP contribution in [0.5, 0.6) is 0 Å². The van der Waals surface area contributed by atoms with E-state index in [4.69, 9.17) is 0 Å². The highest BCUT2D eigenvalue weighted by Crippen LogP contribution is 2.42. The summed E-state index contributed by atoms with van der Waals surface area (Å²) in [6, 6.07) is 5.57. The highest BCUT2D eigenvalue weighted by molar-refractivity contribution is 6.08. The fourth-order valence-electron chi connectivity index (χ4n) is 2.31. The Morgan fingerprint density at radius 3 is 2.71 bits per heavy atom. The molecule has 90 valence electrons. The molecule has 0 spiro atoms. The average molecular weight is 232 g/mol. The number of anilines is 2. The van der Waals surface area contributed by atoms with E-state index in [9.17, 15) is 9.59 Å². The number of likely N-dealkylation sites (N-methyl/N-ethyl adjacent to an activating group) is 1. The number of fused-ring (bicyclic) bond motifs is 1. The van der Waals surface area contributed by atoms with E-state index in [1.54, 1.807) is 4.90 Å². The lowest BCUT2D eigenvalue weighted by Gasteiger charge is -2.18. The van der Waals surface area contributed by atoms with Crippen LogP contribution in [0.2, 0.25) is 0 Å². The van der Waals surface area contributed by atoms with Gasteiger partial charge in [0.05, 0.1) is 5.41 Å². The Morgan fingerprint density at radius 1 is 1.41 bits per heavy atom. The third-order valence-corrected chi connectivity index (χ3v) is 3.28. The maximum absolute atomic E-state index is 12.2. The highest BCUT2D eigenvalue weighted by Gasteiger charge is 2.43. The molecule has 1 aliphatic rings. The van der Waals surface area contributed by atoms with Crippen LogP contribution in [-0.2, 0) is 15.0 Å². The Morgan fingerprint density at radius 2 is 2.12 bits per heavy atom. The van der Waals surface area contributed by atoms with Crippen LogP contribution in [0.4, 0.5) is 11.4 Å². The van der Waals surface area contributed by atoms with Gasteiger partial charge in [-0.2, -0.15) is 0 Å². The molecule has 1 aromatic rings. The highest BCUT2D eigenvalue weighted by atomic mass is 16.2. The summed E-state index contributed by atoms with van der Waals surface area (Å²) in [6.07, 6.45) is 0.642. The van der Waals surface area contributed by atoms with Crippen LogP contribution in [-0.4, -0.2) is 18.9 Å². The summed E-state index contributed by atoms with van der Waals surface area (Å²) < 4.78 is 0. The smallest absolute Gasteiger partial charge is 0.237 e. The summed E-state index contributed by atoms with van der Waals surface area (Å²) in [4.78, 5) is 24.4. The number of hydrogen-bond acceptors (Lipinski definition) is 2. The molecule has 17 heavy (non-hydrogen) atoms. The largest absolute Gasteiger partial charge is 0.329 e. The first-order valence-electron chi connectivity index (χ1n) is 5.69. The standard InChI is InChI=1S/C13H16N2O2/c1-4-15-11-6-5-9(14-8-16)7-10(11)13(2,3)12(15)17/h5-8H,4H2,1-3H3,(H,14,16). The second kappa shape index (κ2) is 3.87. The third kappa shape index (κ3) is 1.60. The zero-order valence-corrected chi connectivity index (χ0v) is 10.3. The number of hydrogen-bond donors (Lipinski definition) is 1. The van der Waals surface area contributed by atoms with Crippen LogP contribution in [0, 0.1) is 0 Å². The topological polar surface area (TPSA) is 49.4 Å². The quantitative estimate of drug-likeness (QED) is 0.809. The Labute approximate surface area is 101 Å². The van der Waals surface area contributed by atoms with Gasteiger partial charge in [0.1, 0.15) is 0 Å². The molecule has 0 aliphatic carbocycles. The summed E-state index contributed by atoms with van der Waals surface area (Å²) in [7, 11) is 0.